The molecule has 1 amide bonds. The van der Waals surface area contributed by atoms with Gasteiger partial charge in [-0.3, -0.25) is 4.79 Å². The van der Waals surface area contributed by atoms with E-state index in [0.29, 0.717) is 12.3 Å². The summed E-state index contributed by atoms with van der Waals surface area (Å²) in [6, 6.07) is 17.7. The molecule has 0 aliphatic rings. The second-order valence-electron chi connectivity index (χ2n) is 6.74. The number of carbonyl (C=O) groups is 1. The topological polar surface area (TPSA) is 74.0 Å². The van der Waals surface area contributed by atoms with Gasteiger partial charge in [0.2, 0.25) is 0 Å². The number of hydrogen-bond donors (Lipinski definition) is 1. The first-order valence-electron chi connectivity index (χ1n) is 9.56. The molecule has 29 heavy (non-hydrogen) atoms. The molecule has 0 aliphatic carbocycles. The smallest absolute Gasteiger partial charge is 0.275 e. The normalized spacial score (nSPS) is 11.0. The molecule has 0 spiro atoms. The van der Waals surface area contributed by atoms with Crippen molar-refractivity contribution >= 4 is 16.9 Å². The van der Waals surface area contributed by atoms with Crippen molar-refractivity contribution in [2.45, 2.75) is 19.9 Å². The molecule has 4 aromatic rings. The lowest BCUT2D eigenvalue weighted by atomic mass is 10.3. The van der Waals surface area contributed by atoms with E-state index in [1.54, 1.807) is 10.9 Å². The van der Waals surface area contributed by atoms with Crippen LogP contribution in [0.15, 0.2) is 60.8 Å². The van der Waals surface area contributed by atoms with E-state index in [1.165, 1.54) is 7.11 Å². The van der Waals surface area contributed by atoms with Crippen molar-refractivity contribution in [3.63, 3.8) is 0 Å². The molecule has 7 nitrogen and oxygen atoms in total. The molecule has 0 saturated heterocycles. The van der Waals surface area contributed by atoms with E-state index in [2.05, 4.69) is 26.0 Å². The first-order valence-corrected chi connectivity index (χ1v) is 9.56. The van der Waals surface area contributed by atoms with Crippen LogP contribution in [0.2, 0.25) is 0 Å². The summed E-state index contributed by atoms with van der Waals surface area (Å²) in [4.78, 5) is 17.2. The van der Waals surface area contributed by atoms with Crippen molar-refractivity contribution < 1.29 is 9.53 Å². The Hall–Kier alpha value is -3.61. The lowest BCUT2D eigenvalue weighted by Crippen LogP contribution is -2.26. The average molecular weight is 389 g/mol. The van der Waals surface area contributed by atoms with Crippen LogP contribution in [0.25, 0.3) is 16.7 Å². The van der Waals surface area contributed by atoms with Crippen LogP contribution in [0.5, 0.6) is 5.75 Å². The van der Waals surface area contributed by atoms with E-state index in [9.17, 15) is 4.79 Å². The third kappa shape index (κ3) is 3.85. The highest BCUT2D eigenvalue weighted by atomic mass is 16.5. The second kappa shape index (κ2) is 8.18. The number of nitrogens with one attached hydrogen (secondary N) is 1. The van der Waals surface area contributed by atoms with Gasteiger partial charge in [-0.15, -0.1) is 0 Å². The quantitative estimate of drug-likeness (QED) is 0.492. The summed E-state index contributed by atoms with van der Waals surface area (Å²) < 4.78 is 9.16. The van der Waals surface area contributed by atoms with Gasteiger partial charge in [0.25, 0.3) is 5.91 Å². The first kappa shape index (κ1) is 18.7. The monoisotopic (exact) mass is 389 g/mol. The second-order valence-corrected chi connectivity index (χ2v) is 6.74. The molecule has 0 unspecified atom stereocenters. The highest BCUT2D eigenvalue weighted by Gasteiger charge is 2.18. The van der Waals surface area contributed by atoms with E-state index < -0.39 is 0 Å². The molecule has 0 radical (unpaired) electrons. The van der Waals surface area contributed by atoms with E-state index in [0.717, 1.165) is 35.5 Å². The molecular formula is C22H23N5O2. The van der Waals surface area contributed by atoms with Crippen LogP contribution >= 0.6 is 0 Å². The molecule has 2 aromatic carbocycles. The standard InChI is InChI=1S/C22H23N5O2/c1-16-24-18-11-6-7-12-19(18)26(16)14-8-13-23-22(28)21-20(29-2)15-27(25-21)17-9-4-3-5-10-17/h3-7,9-12,15H,8,13-14H2,1-2H3,(H,23,28). The number of imidazole rings is 1. The molecule has 0 atom stereocenters. The Morgan fingerprint density at radius 2 is 1.86 bits per heavy atom. The maximum absolute atomic E-state index is 12.6. The van der Waals surface area contributed by atoms with Crippen LogP contribution in [0, 0.1) is 6.92 Å². The minimum absolute atomic E-state index is 0.247. The van der Waals surface area contributed by atoms with Gasteiger partial charge in [-0.2, -0.15) is 5.10 Å². The van der Waals surface area contributed by atoms with E-state index in [-0.39, 0.29) is 11.6 Å². The third-order valence-electron chi connectivity index (χ3n) is 4.83. The van der Waals surface area contributed by atoms with Crippen molar-refractivity contribution in [3.05, 3.63) is 72.3 Å². The highest BCUT2D eigenvalue weighted by molar-refractivity contribution is 5.94. The minimum atomic E-state index is -0.247. The van der Waals surface area contributed by atoms with Gasteiger partial charge in [0, 0.05) is 13.1 Å². The summed E-state index contributed by atoms with van der Waals surface area (Å²) >= 11 is 0. The molecule has 148 valence electrons. The molecule has 7 heteroatoms. The maximum atomic E-state index is 12.6. The molecule has 0 saturated carbocycles. The summed E-state index contributed by atoms with van der Waals surface area (Å²) in [6.45, 7) is 3.31. The molecule has 2 heterocycles. The Kier molecular flexibility index (Phi) is 5.29. The third-order valence-corrected chi connectivity index (χ3v) is 4.83. The summed E-state index contributed by atoms with van der Waals surface area (Å²) in [6.07, 6.45) is 2.50. The molecule has 0 bridgehead atoms. The number of nitrogens with zero attached hydrogens (tertiary/aromatic N) is 4. The Labute approximate surface area is 168 Å². The number of benzene rings is 2. The highest BCUT2D eigenvalue weighted by Crippen LogP contribution is 2.19. The Balaban J connectivity index is 1.40. The van der Waals surface area contributed by atoms with Crippen LogP contribution in [-0.4, -0.2) is 38.9 Å². The lowest BCUT2D eigenvalue weighted by Gasteiger charge is -2.08. The van der Waals surface area contributed by atoms with Gasteiger partial charge in [-0.05, 0) is 37.6 Å². The minimum Gasteiger partial charge on any atom is -0.493 e. The van der Waals surface area contributed by atoms with Crippen molar-refractivity contribution in [1.82, 2.24) is 24.6 Å². The van der Waals surface area contributed by atoms with Crippen LogP contribution in [-0.2, 0) is 6.54 Å². The van der Waals surface area contributed by atoms with Crippen molar-refractivity contribution in [3.8, 4) is 11.4 Å². The van der Waals surface area contributed by atoms with Crippen molar-refractivity contribution in [1.29, 1.82) is 0 Å². The number of aryl methyl sites for hydroxylation is 2. The fourth-order valence-corrected chi connectivity index (χ4v) is 3.38. The van der Waals surface area contributed by atoms with Gasteiger partial charge in [0.05, 0.1) is 30.0 Å². The Bertz CT molecular complexity index is 1130. The number of rotatable bonds is 7. The number of methoxy groups -OCH3 is 1. The van der Waals surface area contributed by atoms with E-state index >= 15 is 0 Å². The van der Waals surface area contributed by atoms with Gasteiger partial charge < -0.3 is 14.6 Å². The van der Waals surface area contributed by atoms with E-state index in [4.69, 9.17) is 4.74 Å². The van der Waals surface area contributed by atoms with Gasteiger partial charge in [0.1, 0.15) is 5.82 Å². The van der Waals surface area contributed by atoms with Gasteiger partial charge >= 0.3 is 0 Å². The SMILES string of the molecule is COc1cn(-c2ccccc2)nc1C(=O)NCCCn1c(C)nc2ccccc21. The Morgan fingerprint density at radius 3 is 2.66 bits per heavy atom. The molecule has 1 N–H and O–H groups in total. The number of hydrogen-bond acceptors (Lipinski definition) is 4. The average Bonchev–Trinajstić information content (AvgIpc) is 3.32. The lowest BCUT2D eigenvalue weighted by molar-refractivity contribution is 0.0944. The van der Waals surface area contributed by atoms with Crippen molar-refractivity contribution in [2.75, 3.05) is 13.7 Å². The van der Waals surface area contributed by atoms with Gasteiger partial charge in [-0.25, -0.2) is 9.67 Å². The zero-order chi connectivity index (χ0) is 20.2. The van der Waals surface area contributed by atoms with E-state index in [1.807, 2.05) is 55.5 Å². The van der Waals surface area contributed by atoms with Crippen LogP contribution in [0.3, 0.4) is 0 Å². The number of aromatic nitrogens is 4. The van der Waals surface area contributed by atoms with Crippen LogP contribution in [0.4, 0.5) is 0 Å². The molecule has 0 fully saturated rings. The zero-order valence-electron chi connectivity index (χ0n) is 16.5. The predicted octanol–water partition coefficient (Wildman–Crippen LogP) is 3.36. The molecular weight excluding hydrogens is 366 g/mol. The number of carbonyl (C=O) groups excluding carboxylic acids is 1. The Morgan fingerprint density at radius 1 is 1.10 bits per heavy atom. The van der Waals surface area contributed by atoms with Crippen LogP contribution in [0.1, 0.15) is 22.7 Å². The predicted molar refractivity (Wildman–Crippen MR) is 112 cm³/mol. The summed E-state index contributed by atoms with van der Waals surface area (Å²) in [5.74, 6) is 1.17. The number of ether oxygens (including phenoxy) is 1. The van der Waals surface area contributed by atoms with Crippen molar-refractivity contribution in [2.24, 2.45) is 0 Å². The fourth-order valence-electron chi connectivity index (χ4n) is 3.38. The largest absolute Gasteiger partial charge is 0.493 e. The molecule has 0 aliphatic heterocycles. The first-order chi connectivity index (χ1) is 14.2. The summed E-state index contributed by atoms with van der Waals surface area (Å²) in [7, 11) is 1.54. The fraction of sp³-hybridized carbons (Fsp3) is 0.227. The molecule has 2 aromatic heterocycles. The summed E-state index contributed by atoms with van der Waals surface area (Å²) in [5, 5.41) is 7.34. The zero-order valence-corrected chi connectivity index (χ0v) is 16.5. The number of fused-ring (bicyclic) bond motifs is 1. The maximum Gasteiger partial charge on any atom is 0.275 e. The van der Waals surface area contributed by atoms with Gasteiger partial charge in [-0.1, -0.05) is 30.3 Å². The number of para-hydroxylation sites is 3. The van der Waals surface area contributed by atoms with Crippen LogP contribution < -0.4 is 10.1 Å². The van der Waals surface area contributed by atoms with Gasteiger partial charge in [0.15, 0.2) is 11.4 Å². The summed E-state index contributed by atoms with van der Waals surface area (Å²) in [5.41, 5.74) is 3.25. The number of amides is 1. The molecule has 4 rings (SSSR count).